The Morgan fingerprint density at radius 2 is 2.20 bits per heavy atom. The van der Waals surface area contributed by atoms with Crippen LogP contribution in [0.1, 0.15) is 20.3 Å². The summed E-state index contributed by atoms with van der Waals surface area (Å²) in [5, 5.41) is 3.21. The summed E-state index contributed by atoms with van der Waals surface area (Å²) in [6, 6.07) is 5.03. The van der Waals surface area contributed by atoms with Crippen LogP contribution in [-0.2, 0) is 4.79 Å². The molecule has 0 unspecified atom stereocenters. The van der Waals surface area contributed by atoms with Gasteiger partial charge in [-0.15, -0.1) is 0 Å². The van der Waals surface area contributed by atoms with E-state index in [-0.39, 0.29) is 5.91 Å². The molecule has 0 heterocycles. The van der Waals surface area contributed by atoms with Gasteiger partial charge in [-0.05, 0) is 24.1 Å². The fraction of sp³-hybridized carbons (Fsp3) is 0.364. The van der Waals surface area contributed by atoms with Gasteiger partial charge < -0.3 is 11.1 Å². The SMILES string of the molecule is CC(C)CC(=O)Nc1ccc(N)cc1Cl. The van der Waals surface area contributed by atoms with Crippen LogP contribution >= 0.6 is 11.6 Å². The molecule has 0 aliphatic carbocycles. The second-order valence-corrected chi connectivity index (χ2v) is 4.29. The molecule has 0 aliphatic rings. The lowest BCUT2D eigenvalue weighted by molar-refractivity contribution is -0.116. The number of benzene rings is 1. The molecule has 4 heteroatoms. The number of anilines is 2. The van der Waals surface area contributed by atoms with Crippen molar-refractivity contribution in [1.82, 2.24) is 0 Å². The first-order valence-electron chi connectivity index (χ1n) is 4.84. The van der Waals surface area contributed by atoms with E-state index in [2.05, 4.69) is 5.32 Å². The lowest BCUT2D eigenvalue weighted by atomic mass is 10.1. The summed E-state index contributed by atoms with van der Waals surface area (Å²) in [6.07, 6.45) is 0.487. The van der Waals surface area contributed by atoms with Gasteiger partial charge in [-0.2, -0.15) is 0 Å². The molecular weight excluding hydrogens is 212 g/mol. The van der Waals surface area contributed by atoms with Crippen LogP contribution in [0.5, 0.6) is 0 Å². The fourth-order valence-electron chi connectivity index (χ4n) is 1.20. The third kappa shape index (κ3) is 3.80. The second-order valence-electron chi connectivity index (χ2n) is 3.89. The summed E-state index contributed by atoms with van der Waals surface area (Å²) in [6.45, 7) is 3.98. The summed E-state index contributed by atoms with van der Waals surface area (Å²) in [7, 11) is 0. The second kappa shape index (κ2) is 5.03. The van der Waals surface area contributed by atoms with Crippen molar-refractivity contribution in [2.24, 2.45) is 5.92 Å². The van der Waals surface area contributed by atoms with Gasteiger partial charge >= 0.3 is 0 Å². The zero-order valence-corrected chi connectivity index (χ0v) is 9.64. The summed E-state index contributed by atoms with van der Waals surface area (Å²) in [4.78, 5) is 11.5. The van der Waals surface area contributed by atoms with Crippen LogP contribution in [0.4, 0.5) is 11.4 Å². The molecule has 0 aliphatic heterocycles. The van der Waals surface area contributed by atoms with Gasteiger partial charge in [0.25, 0.3) is 0 Å². The van der Waals surface area contributed by atoms with Crippen LogP contribution < -0.4 is 11.1 Å². The van der Waals surface area contributed by atoms with Gasteiger partial charge in [0.2, 0.25) is 5.91 Å². The summed E-state index contributed by atoms with van der Waals surface area (Å²) >= 11 is 5.92. The highest BCUT2D eigenvalue weighted by Crippen LogP contribution is 2.24. The van der Waals surface area contributed by atoms with E-state index in [1.54, 1.807) is 18.2 Å². The van der Waals surface area contributed by atoms with Gasteiger partial charge in [0.1, 0.15) is 0 Å². The minimum Gasteiger partial charge on any atom is -0.399 e. The van der Waals surface area contributed by atoms with Crippen molar-refractivity contribution in [2.45, 2.75) is 20.3 Å². The van der Waals surface area contributed by atoms with Crippen LogP contribution in [0, 0.1) is 5.92 Å². The molecule has 0 atom stereocenters. The summed E-state index contributed by atoms with van der Waals surface area (Å²) in [5.74, 6) is 0.300. The number of hydrogen-bond donors (Lipinski definition) is 2. The number of amides is 1. The van der Waals surface area contributed by atoms with Gasteiger partial charge in [-0.3, -0.25) is 4.79 Å². The maximum Gasteiger partial charge on any atom is 0.224 e. The van der Waals surface area contributed by atoms with E-state index in [0.717, 1.165) is 0 Å². The highest BCUT2D eigenvalue weighted by molar-refractivity contribution is 6.34. The van der Waals surface area contributed by atoms with Gasteiger partial charge in [0, 0.05) is 12.1 Å². The van der Waals surface area contributed by atoms with E-state index in [4.69, 9.17) is 17.3 Å². The van der Waals surface area contributed by atoms with E-state index in [1.165, 1.54) is 0 Å². The Bertz CT molecular complexity index is 364. The largest absolute Gasteiger partial charge is 0.399 e. The highest BCUT2D eigenvalue weighted by Gasteiger charge is 2.07. The van der Waals surface area contributed by atoms with Crippen molar-refractivity contribution < 1.29 is 4.79 Å². The normalized spacial score (nSPS) is 10.4. The Balaban J connectivity index is 2.68. The Kier molecular flexibility index (Phi) is 3.97. The summed E-state index contributed by atoms with van der Waals surface area (Å²) in [5.41, 5.74) is 6.73. The number of carbonyl (C=O) groups is 1. The molecule has 1 aromatic rings. The van der Waals surface area contributed by atoms with Gasteiger partial charge in [-0.25, -0.2) is 0 Å². The lowest BCUT2D eigenvalue weighted by Gasteiger charge is -2.09. The van der Waals surface area contributed by atoms with Gasteiger partial charge in [-0.1, -0.05) is 25.4 Å². The lowest BCUT2D eigenvalue weighted by Crippen LogP contribution is -2.14. The van der Waals surface area contributed by atoms with E-state index in [9.17, 15) is 4.79 Å². The van der Waals surface area contributed by atoms with Crippen LogP contribution in [0.25, 0.3) is 0 Å². The zero-order valence-electron chi connectivity index (χ0n) is 8.88. The standard InChI is InChI=1S/C11H15ClN2O/c1-7(2)5-11(15)14-10-4-3-8(13)6-9(10)12/h3-4,6-7H,5,13H2,1-2H3,(H,14,15). The number of hydrogen-bond acceptors (Lipinski definition) is 2. The molecule has 0 aromatic heterocycles. The van der Waals surface area contributed by atoms with Crippen LogP contribution in [-0.4, -0.2) is 5.91 Å². The third-order valence-corrected chi connectivity index (χ3v) is 2.17. The molecular formula is C11H15ClN2O. The molecule has 82 valence electrons. The van der Waals surface area contributed by atoms with Crippen LogP contribution in [0.2, 0.25) is 5.02 Å². The van der Waals surface area contributed by atoms with E-state index in [0.29, 0.717) is 28.7 Å². The van der Waals surface area contributed by atoms with Crippen molar-refractivity contribution in [3.8, 4) is 0 Å². The van der Waals surface area contributed by atoms with Crippen LogP contribution in [0.3, 0.4) is 0 Å². The Morgan fingerprint density at radius 3 is 2.73 bits per heavy atom. The van der Waals surface area contributed by atoms with Crippen molar-refractivity contribution in [1.29, 1.82) is 0 Å². The monoisotopic (exact) mass is 226 g/mol. The predicted molar refractivity (Wildman–Crippen MR) is 63.9 cm³/mol. The number of nitrogens with two attached hydrogens (primary N) is 1. The maximum absolute atomic E-state index is 11.5. The van der Waals surface area contributed by atoms with Crippen molar-refractivity contribution in [3.63, 3.8) is 0 Å². The predicted octanol–water partition coefficient (Wildman–Crippen LogP) is 2.91. The number of nitrogens with one attached hydrogen (secondary N) is 1. The first kappa shape index (κ1) is 11.9. The summed E-state index contributed by atoms with van der Waals surface area (Å²) < 4.78 is 0. The Morgan fingerprint density at radius 1 is 1.53 bits per heavy atom. The van der Waals surface area contributed by atoms with Crippen molar-refractivity contribution >= 4 is 28.9 Å². The topological polar surface area (TPSA) is 55.1 Å². The van der Waals surface area contributed by atoms with Crippen molar-refractivity contribution in [2.75, 3.05) is 11.1 Å². The molecule has 3 N–H and O–H groups in total. The molecule has 0 bridgehead atoms. The van der Waals surface area contributed by atoms with Gasteiger partial charge in [0.05, 0.1) is 10.7 Å². The molecule has 3 nitrogen and oxygen atoms in total. The average molecular weight is 227 g/mol. The molecule has 0 spiro atoms. The molecule has 1 amide bonds. The van der Waals surface area contributed by atoms with E-state index < -0.39 is 0 Å². The number of carbonyl (C=O) groups excluding carboxylic acids is 1. The third-order valence-electron chi connectivity index (χ3n) is 1.86. The van der Waals surface area contributed by atoms with Crippen molar-refractivity contribution in [3.05, 3.63) is 23.2 Å². The molecule has 15 heavy (non-hydrogen) atoms. The number of halogens is 1. The molecule has 0 radical (unpaired) electrons. The average Bonchev–Trinajstić information content (AvgIpc) is 2.08. The molecule has 0 fully saturated rings. The highest BCUT2D eigenvalue weighted by atomic mass is 35.5. The zero-order chi connectivity index (χ0) is 11.4. The molecule has 0 saturated carbocycles. The quantitative estimate of drug-likeness (QED) is 0.779. The van der Waals surface area contributed by atoms with Gasteiger partial charge in [0.15, 0.2) is 0 Å². The first-order valence-corrected chi connectivity index (χ1v) is 5.21. The fourth-order valence-corrected chi connectivity index (χ4v) is 1.44. The van der Waals surface area contributed by atoms with E-state index in [1.807, 2.05) is 13.8 Å². The van der Waals surface area contributed by atoms with E-state index >= 15 is 0 Å². The smallest absolute Gasteiger partial charge is 0.224 e. The minimum atomic E-state index is -0.0309. The molecule has 0 saturated heterocycles. The maximum atomic E-state index is 11.5. The molecule has 1 rings (SSSR count). The first-order chi connectivity index (χ1) is 6.99. The Labute approximate surface area is 94.6 Å². The number of rotatable bonds is 3. The van der Waals surface area contributed by atoms with Crippen LogP contribution in [0.15, 0.2) is 18.2 Å². The number of nitrogen functional groups attached to an aromatic ring is 1. The Hall–Kier alpha value is -1.22. The minimum absolute atomic E-state index is 0.0309. The molecule has 1 aromatic carbocycles.